The first-order valence-electron chi connectivity index (χ1n) is 10.4. The van der Waals surface area contributed by atoms with Gasteiger partial charge in [-0.15, -0.1) is 0 Å². The zero-order valence-corrected chi connectivity index (χ0v) is 17.5. The van der Waals surface area contributed by atoms with E-state index in [0.717, 1.165) is 25.1 Å². The molecule has 1 aromatic heterocycles. The van der Waals surface area contributed by atoms with Crippen molar-refractivity contribution in [3.8, 4) is 0 Å². The molecule has 8 nitrogen and oxygen atoms in total. The van der Waals surface area contributed by atoms with E-state index in [2.05, 4.69) is 10.00 Å². The van der Waals surface area contributed by atoms with E-state index in [0.29, 0.717) is 37.3 Å². The molecule has 8 heteroatoms. The molecule has 0 spiro atoms. The van der Waals surface area contributed by atoms with E-state index >= 15 is 0 Å². The Morgan fingerprint density at radius 1 is 1.00 bits per heavy atom. The molecule has 4 rings (SSSR count). The van der Waals surface area contributed by atoms with Crippen molar-refractivity contribution in [3.63, 3.8) is 0 Å². The maximum Gasteiger partial charge on any atom is 0.253 e. The fourth-order valence-electron chi connectivity index (χ4n) is 4.27. The fraction of sp³-hybridized carbons (Fsp3) is 0.455. The van der Waals surface area contributed by atoms with Gasteiger partial charge in [-0.3, -0.25) is 24.0 Å². The number of piperazine rings is 1. The Bertz CT molecular complexity index is 944. The molecule has 0 aliphatic carbocycles. The maximum atomic E-state index is 13.1. The number of hydrogen-bond donors (Lipinski definition) is 0. The summed E-state index contributed by atoms with van der Waals surface area (Å²) in [6, 6.07) is 6.66. The molecule has 2 aliphatic rings. The summed E-state index contributed by atoms with van der Waals surface area (Å²) in [6.45, 7) is 4.75. The third-order valence-corrected chi connectivity index (χ3v) is 5.99. The van der Waals surface area contributed by atoms with Gasteiger partial charge in [-0.1, -0.05) is 12.1 Å². The number of nitrogens with zero attached hydrogens (tertiary/aromatic N) is 5. The third kappa shape index (κ3) is 4.00. The summed E-state index contributed by atoms with van der Waals surface area (Å²) in [4.78, 5) is 43.2. The second-order valence-electron chi connectivity index (χ2n) is 7.98. The number of aryl methyl sites for hydroxylation is 1. The van der Waals surface area contributed by atoms with Gasteiger partial charge in [-0.2, -0.15) is 5.10 Å². The van der Waals surface area contributed by atoms with E-state index in [1.54, 1.807) is 35.1 Å². The van der Waals surface area contributed by atoms with Crippen LogP contribution in [0.25, 0.3) is 0 Å². The van der Waals surface area contributed by atoms with Crippen molar-refractivity contribution in [2.75, 3.05) is 37.6 Å². The van der Waals surface area contributed by atoms with Gasteiger partial charge in [0.05, 0.1) is 17.9 Å². The summed E-state index contributed by atoms with van der Waals surface area (Å²) in [7, 11) is 1.85. The molecule has 1 aromatic carbocycles. The first kappa shape index (κ1) is 20.3. The van der Waals surface area contributed by atoms with Gasteiger partial charge in [-0.25, -0.2) is 0 Å². The molecule has 2 fully saturated rings. The summed E-state index contributed by atoms with van der Waals surface area (Å²) in [6.07, 6.45) is 5.39. The number of piperidine rings is 1. The number of aromatic nitrogens is 2. The van der Waals surface area contributed by atoms with Crippen LogP contribution in [0.15, 0.2) is 36.7 Å². The van der Waals surface area contributed by atoms with Crippen molar-refractivity contribution in [2.45, 2.75) is 25.8 Å². The Morgan fingerprint density at radius 2 is 1.67 bits per heavy atom. The normalized spacial score (nSPS) is 20.5. The van der Waals surface area contributed by atoms with Crippen molar-refractivity contribution in [3.05, 3.63) is 47.8 Å². The van der Waals surface area contributed by atoms with E-state index in [-0.39, 0.29) is 23.6 Å². The number of ketones is 1. The minimum Gasteiger partial charge on any atom is -0.336 e. The Labute approximate surface area is 176 Å². The summed E-state index contributed by atoms with van der Waals surface area (Å²) in [5.74, 6) is 0.0747. The van der Waals surface area contributed by atoms with Gasteiger partial charge in [0.1, 0.15) is 0 Å². The predicted octanol–water partition coefficient (Wildman–Crippen LogP) is 1.58. The van der Waals surface area contributed by atoms with Crippen molar-refractivity contribution in [2.24, 2.45) is 7.05 Å². The zero-order chi connectivity index (χ0) is 21.3. The SMILES string of the molecule is CC(=O)c1ccc(C(=O)N2CCN(C3CCCN(c4cnn(C)c4)C3=O)CC2)cc1. The molecule has 2 amide bonds. The number of carbonyl (C=O) groups is 3. The van der Waals surface area contributed by atoms with Crippen LogP contribution in [0.4, 0.5) is 5.69 Å². The average molecular weight is 409 g/mol. The molecule has 30 heavy (non-hydrogen) atoms. The average Bonchev–Trinajstić information content (AvgIpc) is 3.19. The summed E-state index contributed by atoms with van der Waals surface area (Å²) >= 11 is 0. The van der Waals surface area contributed by atoms with Crippen LogP contribution in [0.3, 0.4) is 0 Å². The standard InChI is InChI=1S/C22H27N5O3/c1-16(28)17-5-7-18(8-6-17)21(29)26-12-10-25(11-13-26)20-4-3-9-27(22(20)30)19-14-23-24(2)15-19/h5-8,14-15,20H,3-4,9-13H2,1-2H3. The number of rotatable bonds is 4. The van der Waals surface area contributed by atoms with Gasteiger partial charge < -0.3 is 9.80 Å². The lowest BCUT2D eigenvalue weighted by Crippen LogP contribution is -2.58. The molecule has 158 valence electrons. The lowest BCUT2D eigenvalue weighted by atomic mass is 10.0. The molecular weight excluding hydrogens is 382 g/mol. The highest BCUT2D eigenvalue weighted by Crippen LogP contribution is 2.24. The second-order valence-corrected chi connectivity index (χ2v) is 7.98. The van der Waals surface area contributed by atoms with Crippen molar-refractivity contribution < 1.29 is 14.4 Å². The van der Waals surface area contributed by atoms with Gasteiger partial charge in [0, 0.05) is 57.1 Å². The smallest absolute Gasteiger partial charge is 0.253 e. The number of amides is 2. The van der Waals surface area contributed by atoms with Gasteiger partial charge in [0.15, 0.2) is 5.78 Å². The van der Waals surface area contributed by atoms with Gasteiger partial charge >= 0.3 is 0 Å². The highest BCUT2D eigenvalue weighted by Gasteiger charge is 2.36. The Balaban J connectivity index is 1.37. The molecule has 1 atom stereocenters. The summed E-state index contributed by atoms with van der Waals surface area (Å²) in [5.41, 5.74) is 2.03. The quantitative estimate of drug-likeness (QED) is 0.717. The van der Waals surface area contributed by atoms with Crippen LogP contribution in [0.2, 0.25) is 0 Å². The van der Waals surface area contributed by atoms with Gasteiger partial charge in [-0.05, 0) is 31.9 Å². The highest BCUT2D eigenvalue weighted by molar-refractivity contribution is 5.98. The summed E-state index contributed by atoms with van der Waals surface area (Å²) in [5, 5.41) is 4.18. The minimum atomic E-state index is -0.147. The second kappa shape index (κ2) is 8.39. The molecule has 0 radical (unpaired) electrons. The highest BCUT2D eigenvalue weighted by atomic mass is 16.2. The molecular formula is C22H27N5O3. The van der Waals surface area contributed by atoms with Crippen molar-refractivity contribution in [1.82, 2.24) is 19.6 Å². The fourth-order valence-corrected chi connectivity index (χ4v) is 4.27. The first-order valence-corrected chi connectivity index (χ1v) is 10.4. The summed E-state index contributed by atoms with van der Waals surface area (Å²) < 4.78 is 1.71. The van der Waals surface area contributed by atoms with E-state index in [4.69, 9.17) is 0 Å². The van der Waals surface area contributed by atoms with E-state index < -0.39 is 0 Å². The number of carbonyl (C=O) groups excluding carboxylic acids is 3. The first-order chi connectivity index (χ1) is 14.4. The molecule has 2 aromatic rings. The predicted molar refractivity (Wildman–Crippen MR) is 113 cm³/mol. The number of Topliss-reactive ketones (excluding diaryl/α,β-unsaturated/α-hetero) is 1. The molecule has 3 heterocycles. The Kier molecular flexibility index (Phi) is 5.67. The van der Waals surface area contributed by atoms with E-state index in [9.17, 15) is 14.4 Å². The number of hydrogen-bond acceptors (Lipinski definition) is 5. The van der Waals surface area contributed by atoms with Crippen LogP contribution >= 0.6 is 0 Å². The van der Waals surface area contributed by atoms with Crippen molar-refractivity contribution >= 4 is 23.3 Å². The molecule has 0 saturated carbocycles. The molecule has 2 saturated heterocycles. The van der Waals surface area contributed by atoms with E-state index in [1.807, 2.05) is 23.0 Å². The largest absolute Gasteiger partial charge is 0.336 e. The van der Waals surface area contributed by atoms with Crippen LogP contribution in [-0.2, 0) is 11.8 Å². The lowest BCUT2D eigenvalue weighted by Gasteiger charge is -2.42. The zero-order valence-electron chi connectivity index (χ0n) is 17.5. The van der Waals surface area contributed by atoms with Gasteiger partial charge in [0.25, 0.3) is 5.91 Å². The van der Waals surface area contributed by atoms with Crippen LogP contribution in [0, 0.1) is 0 Å². The third-order valence-electron chi connectivity index (χ3n) is 5.99. The van der Waals surface area contributed by atoms with Gasteiger partial charge in [0.2, 0.25) is 5.91 Å². The minimum absolute atomic E-state index is 0.0138. The van der Waals surface area contributed by atoms with Crippen LogP contribution < -0.4 is 4.90 Å². The van der Waals surface area contributed by atoms with Crippen LogP contribution in [-0.4, -0.2) is 75.9 Å². The molecule has 2 aliphatic heterocycles. The Morgan fingerprint density at radius 3 is 2.27 bits per heavy atom. The molecule has 0 N–H and O–H groups in total. The van der Waals surface area contributed by atoms with E-state index in [1.165, 1.54) is 6.92 Å². The molecule has 0 bridgehead atoms. The maximum absolute atomic E-state index is 13.1. The molecule has 1 unspecified atom stereocenters. The van der Waals surface area contributed by atoms with Crippen LogP contribution in [0.1, 0.15) is 40.5 Å². The topological polar surface area (TPSA) is 78.8 Å². The monoisotopic (exact) mass is 409 g/mol. The number of anilines is 1. The van der Waals surface area contributed by atoms with Crippen molar-refractivity contribution in [1.29, 1.82) is 0 Å². The van der Waals surface area contributed by atoms with Crippen LogP contribution in [0.5, 0.6) is 0 Å². The Hall–Kier alpha value is -3.00. The number of benzene rings is 1. The lowest BCUT2D eigenvalue weighted by molar-refractivity contribution is -0.126.